The molecule has 3 rings (SSSR count). The smallest absolute Gasteiger partial charge is 0.283 e. The molecule has 1 saturated carbocycles. The number of hydrogen-bond donors (Lipinski definition) is 1. The predicted molar refractivity (Wildman–Crippen MR) is 82.9 cm³/mol. The lowest BCUT2D eigenvalue weighted by Crippen LogP contribution is -2.47. The lowest BCUT2D eigenvalue weighted by atomic mass is 9.96. The topological polar surface area (TPSA) is 64.2 Å². The van der Waals surface area contributed by atoms with Crippen LogP contribution < -0.4 is 16.2 Å². The summed E-state index contributed by atoms with van der Waals surface area (Å²) in [5.41, 5.74) is 6.94. The van der Waals surface area contributed by atoms with Gasteiger partial charge in [0.25, 0.3) is 5.56 Å². The minimum absolute atomic E-state index is 0.0267. The molecule has 2 unspecified atom stereocenters. The Labute approximate surface area is 127 Å². The second kappa shape index (κ2) is 5.48. The second-order valence-electron chi connectivity index (χ2n) is 6.28. The Hall–Kier alpha value is -0.880. The van der Waals surface area contributed by atoms with E-state index in [1.807, 2.05) is 0 Å². The van der Waals surface area contributed by atoms with E-state index in [0.29, 0.717) is 16.3 Å². The zero-order chi connectivity index (χ0) is 14.3. The standard InChI is InChI=1S/C14H21BrN4O/c1-9-4-11(16)8-18(6-9)12-5-17-19(7-10-2-3-10)14(20)13(12)15/h5,9-11H,2-4,6-8,16H2,1H3. The van der Waals surface area contributed by atoms with Crippen LogP contribution >= 0.6 is 15.9 Å². The van der Waals surface area contributed by atoms with Crippen LogP contribution in [0.25, 0.3) is 0 Å². The highest BCUT2D eigenvalue weighted by Crippen LogP contribution is 2.31. The fourth-order valence-electron chi connectivity index (χ4n) is 2.95. The molecule has 1 aromatic rings. The molecule has 1 aromatic heterocycles. The van der Waals surface area contributed by atoms with E-state index in [4.69, 9.17) is 5.73 Å². The van der Waals surface area contributed by atoms with Crippen LogP contribution in [0.3, 0.4) is 0 Å². The molecule has 0 amide bonds. The molecular weight excluding hydrogens is 320 g/mol. The minimum atomic E-state index is -0.0267. The Balaban J connectivity index is 1.86. The highest BCUT2D eigenvalue weighted by atomic mass is 79.9. The summed E-state index contributed by atoms with van der Waals surface area (Å²) in [5.74, 6) is 1.18. The molecule has 5 nitrogen and oxygen atoms in total. The summed E-state index contributed by atoms with van der Waals surface area (Å²) >= 11 is 3.46. The van der Waals surface area contributed by atoms with Gasteiger partial charge in [0.05, 0.1) is 11.9 Å². The number of nitrogens with two attached hydrogens (primary N) is 1. The normalized spacial score (nSPS) is 26.9. The third-order valence-corrected chi connectivity index (χ3v) is 4.87. The van der Waals surface area contributed by atoms with Crippen molar-refractivity contribution in [3.05, 3.63) is 21.0 Å². The van der Waals surface area contributed by atoms with Gasteiger partial charge >= 0.3 is 0 Å². The summed E-state index contributed by atoms with van der Waals surface area (Å²) in [6, 6.07) is 0.166. The van der Waals surface area contributed by atoms with Crippen LogP contribution in [0.4, 0.5) is 5.69 Å². The van der Waals surface area contributed by atoms with E-state index < -0.39 is 0 Å². The SMILES string of the molecule is CC1CC(N)CN(c2cnn(CC3CC3)c(=O)c2Br)C1. The van der Waals surface area contributed by atoms with Gasteiger partial charge in [0.2, 0.25) is 0 Å². The average Bonchev–Trinajstić information content (AvgIpc) is 3.18. The molecule has 2 aliphatic rings. The van der Waals surface area contributed by atoms with Crippen LogP contribution in [0.5, 0.6) is 0 Å². The van der Waals surface area contributed by atoms with E-state index in [1.54, 1.807) is 10.9 Å². The van der Waals surface area contributed by atoms with E-state index >= 15 is 0 Å². The third kappa shape index (κ3) is 2.91. The molecule has 1 aliphatic carbocycles. The summed E-state index contributed by atoms with van der Waals surface area (Å²) in [5, 5.41) is 4.34. The van der Waals surface area contributed by atoms with Crippen molar-refractivity contribution in [2.45, 2.75) is 38.8 Å². The number of anilines is 1. The fraction of sp³-hybridized carbons (Fsp3) is 0.714. The van der Waals surface area contributed by atoms with Gasteiger partial charge in [-0.2, -0.15) is 5.10 Å². The summed E-state index contributed by atoms with van der Waals surface area (Å²) < 4.78 is 2.20. The molecular formula is C14H21BrN4O. The molecule has 0 spiro atoms. The van der Waals surface area contributed by atoms with Crippen molar-refractivity contribution >= 4 is 21.6 Å². The second-order valence-corrected chi connectivity index (χ2v) is 7.07. The van der Waals surface area contributed by atoms with Gasteiger partial charge in [0.1, 0.15) is 4.47 Å². The maximum absolute atomic E-state index is 12.4. The summed E-state index contributed by atoms with van der Waals surface area (Å²) in [6.07, 6.45) is 5.27. The van der Waals surface area contributed by atoms with Crippen LogP contribution in [0.2, 0.25) is 0 Å². The lowest BCUT2D eigenvalue weighted by Gasteiger charge is -2.36. The van der Waals surface area contributed by atoms with Gasteiger partial charge in [0.15, 0.2) is 0 Å². The maximum Gasteiger partial charge on any atom is 0.283 e. The van der Waals surface area contributed by atoms with Crippen LogP contribution in [0.15, 0.2) is 15.5 Å². The van der Waals surface area contributed by atoms with Crippen molar-refractivity contribution in [3.63, 3.8) is 0 Å². The molecule has 2 fully saturated rings. The van der Waals surface area contributed by atoms with Gasteiger partial charge in [-0.3, -0.25) is 4.79 Å². The Morgan fingerprint density at radius 1 is 1.45 bits per heavy atom. The first kappa shape index (κ1) is 14.1. The summed E-state index contributed by atoms with van der Waals surface area (Å²) in [7, 11) is 0. The van der Waals surface area contributed by atoms with Gasteiger partial charge in [-0.15, -0.1) is 0 Å². The monoisotopic (exact) mass is 340 g/mol. The number of halogens is 1. The first-order valence-corrected chi connectivity index (χ1v) is 8.10. The summed E-state index contributed by atoms with van der Waals surface area (Å²) in [6.45, 7) is 4.66. The van der Waals surface area contributed by atoms with Crippen LogP contribution in [-0.2, 0) is 6.54 Å². The molecule has 20 heavy (non-hydrogen) atoms. The number of aromatic nitrogens is 2. The third-order valence-electron chi connectivity index (χ3n) is 4.13. The zero-order valence-electron chi connectivity index (χ0n) is 11.8. The van der Waals surface area contributed by atoms with Gasteiger partial charge in [0, 0.05) is 25.7 Å². The maximum atomic E-state index is 12.4. The molecule has 110 valence electrons. The molecule has 1 saturated heterocycles. The molecule has 0 bridgehead atoms. The average molecular weight is 341 g/mol. The fourth-order valence-corrected chi connectivity index (χ4v) is 3.51. The van der Waals surface area contributed by atoms with E-state index in [0.717, 1.165) is 31.7 Å². The van der Waals surface area contributed by atoms with E-state index in [-0.39, 0.29) is 11.6 Å². The number of rotatable bonds is 3. The van der Waals surface area contributed by atoms with Gasteiger partial charge in [-0.05, 0) is 47.0 Å². The van der Waals surface area contributed by atoms with Crippen molar-refractivity contribution in [2.24, 2.45) is 17.6 Å². The molecule has 2 atom stereocenters. The molecule has 2 N–H and O–H groups in total. The Bertz CT molecular complexity index is 545. The molecule has 0 radical (unpaired) electrons. The van der Waals surface area contributed by atoms with Crippen molar-refractivity contribution in [1.82, 2.24) is 9.78 Å². The van der Waals surface area contributed by atoms with Gasteiger partial charge in [-0.25, -0.2) is 4.68 Å². The predicted octanol–water partition coefficient (Wildman–Crippen LogP) is 1.59. The first-order valence-electron chi connectivity index (χ1n) is 7.30. The molecule has 6 heteroatoms. The lowest BCUT2D eigenvalue weighted by molar-refractivity contribution is 0.400. The highest BCUT2D eigenvalue weighted by molar-refractivity contribution is 9.10. The van der Waals surface area contributed by atoms with Crippen molar-refractivity contribution in [1.29, 1.82) is 0 Å². The van der Waals surface area contributed by atoms with E-state index in [2.05, 4.69) is 32.9 Å². The van der Waals surface area contributed by atoms with Crippen molar-refractivity contribution < 1.29 is 0 Å². The largest absolute Gasteiger partial charge is 0.367 e. The Kier molecular flexibility index (Phi) is 3.86. The molecule has 1 aliphatic heterocycles. The summed E-state index contributed by atoms with van der Waals surface area (Å²) in [4.78, 5) is 14.5. The quantitative estimate of drug-likeness (QED) is 0.907. The molecule has 2 heterocycles. The minimum Gasteiger partial charge on any atom is -0.367 e. The van der Waals surface area contributed by atoms with Gasteiger partial charge in [-0.1, -0.05) is 6.92 Å². The van der Waals surface area contributed by atoms with E-state index in [9.17, 15) is 4.79 Å². The van der Waals surface area contributed by atoms with E-state index in [1.165, 1.54) is 12.8 Å². The number of nitrogens with zero attached hydrogens (tertiary/aromatic N) is 3. The first-order chi connectivity index (χ1) is 9.54. The number of piperidine rings is 1. The van der Waals surface area contributed by atoms with Crippen LogP contribution in [0.1, 0.15) is 26.2 Å². The number of hydrogen-bond acceptors (Lipinski definition) is 4. The van der Waals surface area contributed by atoms with Crippen molar-refractivity contribution in [2.75, 3.05) is 18.0 Å². The van der Waals surface area contributed by atoms with Crippen LogP contribution in [0, 0.1) is 11.8 Å². The van der Waals surface area contributed by atoms with Crippen molar-refractivity contribution in [3.8, 4) is 0 Å². The zero-order valence-corrected chi connectivity index (χ0v) is 13.3. The Morgan fingerprint density at radius 2 is 2.20 bits per heavy atom. The Morgan fingerprint density at radius 3 is 2.85 bits per heavy atom. The van der Waals surface area contributed by atoms with Crippen LogP contribution in [-0.4, -0.2) is 28.9 Å². The van der Waals surface area contributed by atoms with Gasteiger partial charge < -0.3 is 10.6 Å². The highest BCUT2D eigenvalue weighted by Gasteiger charge is 2.26. The molecule has 0 aromatic carbocycles.